The highest BCUT2D eigenvalue weighted by atomic mass is 35.5. The van der Waals surface area contributed by atoms with Gasteiger partial charge in [-0.25, -0.2) is 0 Å². The number of pyridine rings is 1. The summed E-state index contributed by atoms with van der Waals surface area (Å²) in [6, 6.07) is 2.40. The third-order valence-electron chi connectivity index (χ3n) is 2.27. The van der Waals surface area contributed by atoms with Gasteiger partial charge in [0, 0.05) is 11.6 Å². The molecule has 0 saturated heterocycles. The molecule has 2 aromatic rings. The van der Waals surface area contributed by atoms with Gasteiger partial charge in [-0.1, -0.05) is 23.2 Å². The van der Waals surface area contributed by atoms with Gasteiger partial charge in [0.1, 0.15) is 5.52 Å². The number of nitrogens with zero attached hydrogens (tertiary/aromatic N) is 1. The Kier molecular flexibility index (Phi) is 3.29. The summed E-state index contributed by atoms with van der Waals surface area (Å²) in [6.45, 7) is 1.68. The maximum absolute atomic E-state index is 12.2. The van der Waals surface area contributed by atoms with Crippen molar-refractivity contribution in [2.24, 2.45) is 0 Å². The molecule has 7 heteroatoms. The van der Waals surface area contributed by atoms with Crippen LogP contribution in [0.3, 0.4) is 0 Å². The molecule has 0 atom stereocenters. The van der Waals surface area contributed by atoms with Crippen molar-refractivity contribution in [1.29, 1.82) is 0 Å². The summed E-state index contributed by atoms with van der Waals surface area (Å²) in [5.74, 6) is -0.427. The summed E-state index contributed by atoms with van der Waals surface area (Å²) in [4.78, 5) is 3.89. The molecule has 2 nitrogen and oxygen atoms in total. The van der Waals surface area contributed by atoms with E-state index in [-0.39, 0.29) is 20.9 Å². The van der Waals surface area contributed by atoms with Crippen molar-refractivity contribution in [2.75, 3.05) is 0 Å². The van der Waals surface area contributed by atoms with Gasteiger partial charge in [0.25, 0.3) is 0 Å². The molecule has 0 amide bonds. The lowest BCUT2D eigenvalue weighted by atomic mass is 10.1. The highest BCUT2D eigenvalue weighted by molar-refractivity contribution is 6.42. The van der Waals surface area contributed by atoms with Gasteiger partial charge in [0.05, 0.1) is 10.0 Å². The van der Waals surface area contributed by atoms with Gasteiger partial charge < -0.3 is 4.74 Å². The summed E-state index contributed by atoms with van der Waals surface area (Å²) >= 11 is 11.9. The number of aromatic nitrogens is 1. The van der Waals surface area contributed by atoms with Gasteiger partial charge in [-0.3, -0.25) is 4.98 Å². The van der Waals surface area contributed by atoms with E-state index in [1.54, 1.807) is 6.92 Å². The van der Waals surface area contributed by atoms with Crippen molar-refractivity contribution < 1.29 is 17.9 Å². The van der Waals surface area contributed by atoms with E-state index < -0.39 is 12.1 Å². The fourth-order valence-corrected chi connectivity index (χ4v) is 2.04. The van der Waals surface area contributed by atoms with E-state index >= 15 is 0 Å². The minimum absolute atomic E-state index is 0.0181. The highest BCUT2D eigenvalue weighted by Gasteiger charge is 2.32. The van der Waals surface area contributed by atoms with Gasteiger partial charge in [-0.2, -0.15) is 0 Å². The number of hydrogen-bond donors (Lipinski definition) is 0. The van der Waals surface area contributed by atoms with E-state index in [0.717, 1.165) is 6.07 Å². The van der Waals surface area contributed by atoms with E-state index in [1.165, 1.54) is 12.3 Å². The van der Waals surface area contributed by atoms with Crippen LogP contribution in [-0.4, -0.2) is 11.3 Å². The fraction of sp³-hybridized carbons (Fsp3) is 0.182. The van der Waals surface area contributed by atoms with Crippen LogP contribution >= 0.6 is 23.2 Å². The van der Waals surface area contributed by atoms with Gasteiger partial charge in [-0.15, -0.1) is 13.2 Å². The van der Waals surface area contributed by atoms with Crippen molar-refractivity contribution in [1.82, 2.24) is 4.98 Å². The lowest BCUT2D eigenvalue weighted by Crippen LogP contribution is -2.17. The highest BCUT2D eigenvalue weighted by Crippen LogP contribution is 2.37. The molecule has 2 rings (SSSR count). The van der Waals surface area contributed by atoms with Crippen LogP contribution in [0.25, 0.3) is 10.9 Å². The Balaban J connectivity index is 2.72. The smallest absolute Gasteiger partial charge is 0.403 e. The summed E-state index contributed by atoms with van der Waals surface area (Å²) in [5, 5.41) is 0.735. The first kappa shape index (κ1) is 13.2. The van der Waals surface area contributed by atoms with Crippen LogP contribution in [0.4, 0.5) is 13.2 Å². The number of benzene rings is 1. The monoisotopic (exact) mass is 295 g/mol. The van der Waals surface area contributed by atoms with Crippen LogP contribution in [0.2, 0.25) is 10.0 Å². The number of ether oxygens (including phenoxy) is 1. The van der Waals surface area contributed by atoms with Crippen molar-refractivity contribution in [3.8, 4) is 5.75 Å². The minimum atomic E-state index is -4.79. The zero-order chi connectivity index (χ0) is 13.5. The first-order chi connectivity index (χ1) is 8.29. The Morgan fingerprint density at radius 1 is 1.22 bits per heavy atom. The molecule has 0 N–H and O–H groups in total. The van der Waals surface area contributed by atoms with Crippen molar-refractivity contribution in [2.45, 2.75) is 13.3 Å². The standard InChI is InChI=1S/C11H6Cl2F3NO/c1-5-4-17-10-7(18-11(14,15)16)3-2-6(12)8(10)9(5)13/h2-4H,1H3. The Morgan fingerprint density at radius 2 is 1.89 bits per heavy atom. The number of rotatable bonds is 1. The van der Waals surface area contributed by atoms with Crippen LogP contribution in [0.5, 0.6) is 5.75 Å². The molecule has 0 saturated carbocycles. The summed E-state index contributed by atoms with van der Waals surface area (Å²) < 4.78 is 40.6. The summed E-state index contributed by atoms with van der Waals surface area (Å²) in [5.41, 5.74) is 0.602. The number of fused-ring (bicyclic) bond motifs is 1. The molecule has 0 unspecified atom stereocenters. The second-order valence-electron chi connectivity index (χ2n) is 3.57. The molecule has 0 bridgehead atoms. The van der Waals surface area contributed by atoms with Crippen molar-refractivity contribution in [3.63, 3.8) is 0 Å². The second-order valence-corrected chi connectivity index (χ2v) is 4.36. The first-order valence-corrected chi connectivity index (χ1v) is 5.54. The molecular weight excluding hydrogens is 290 g/mol. The van der Waals surface area contributed by atoms with E-state index in [2.05, 4.69) is 9.72 Å². The number of halogens is 5. The minimum Gasteiger partial charge on any atom is -0.403 e. The zero-order valence-electron chi connectivity index (χ0n) is 8.98. The van der Waals surface area contributed by atoms with Crippen LogP contribution in [0, 0.1) is 6.92 Å². The van der Waals surface area contributed by atoms with Crippen LogP contribution in [0.1, 0.15) is 5.56 Å². The van der Waals surface area contributed by atoms with Crippen molar-refractivity contribution >= 4 is 34.1 Å². The molecule has 18 heavy (non-hydrogen) atoms. The van der Waals surface area contributed by atoms with Gasteiger partial charge in [0.15, 0.2) is 5.75 Å². The molecule has 0 radical (unpaired) electrons. The molecule has 0 aliphatic heterocycles. The topological polar surface area (TPSA) is 22.1 Å². The predicted molar refractivity (Wildman–Crippen MR) is 63.2 cm³/mol. The fourth-order valence-electron chi connectivity index (χ4n) is 1.51. The molecule has 0 aliphatic rings. The Morgan fingerprint density at radius 3 is 2.50 bits per heavy atom. The quantitative estimate of drug-likeness (QED) is 0.757. The Hall–Kier alpha value is -1.20. The van der Waals surface area contributed by atoms with E-state index in [4.69, 9.17) is 23.2 Å². The summed E-state index contributed by atoms with van der Waals surface area (Å²) in [7, 11) is 0. The maximum Gasteiger partial charge on any atom is 0.573 e. The van der Waals surface area contributed by atoms with Gasteiger partial charge >= 0.3 is 6.36 Å². The van der Waals surface area contributed by atoms with Gasteiger partial charge in [-0.05, 0) is 24.6 Å². The lowest BCUT2D eigenvalue weighted by Gasteiger charge is -2.12. The number of hydrogen-bond acceptors (Lipinski definition) is 2. The molecule has 0 fully saturated rings. The van der Waals surface area contributed by atoms with Crippen LogP contribution < -0.4 is 4.74 Å². The van der Waals surface area contributed by atoms with E-state index in [0.29, 0.717) is 5.56 Å². The molecule has 96 valence electrons. The molecule has 1 aromatic carbocycles. The lowest BCUT2D eigenvalue weighted by molar-refractivity contribution is -0.274. The Labute approximate surface area is 110 Å². The molecule has 0 spiro atoms. The Bertz CT molecular complexity index is 613. The van der Waals surface area contributed by atoms with Gasteiger partial charge in [0.2, 0.25) is 0 Å². The predicted octanol–water partition coefficient (Wildman–Crippen LogP) is 4.75. The first-order valence-electron chi connectivity index (χ1n) is 4.78. The van der Waals surface area contributed by atoms with Crippen LogP contribution in [-0.2, 0) is 0 Å². The number of alkyl halides is 3. The maximum atomic E-state index is 12.2. The molecule has 1 aromatic heterocycles. The number of aryl methyl sites for hydroxylation is 1. The largest absolute Gasteiger partial charge is 0.573 e. The third kappa shape index (κ3) is 2.47. The second kappa shape index (κ2) is 4.48. The molecular formula is C11H6Cl2F3NO. The average Bonchev–Trinajstić information content (AvgIpc) is 2.25. The van der Waals surface area contributed by atoms with Crippen molar-refractivity contribution in [3.05, 3.63) is 33.9 Å². The average molecular weight is 296 g/mol. The summed E-state index contributed by atoms with van der Waals surface area (Å²) in [6.07, 6.45) is -3.43. The third-order valence-corrected chi connectivity index (χ3v) is 3.07. The van der Waals surface area contributed by atoms with Crippen LogP contribution in [0.15, 0.2) is 18.3 Å². The van der Waals surface area contributed by atoms with E-state index in [1.807, 2.05) is 0 Å². The molecule has 0 aliphatic carbocycles. The SMILES string of the molecule is Cc1cnc2c(OC(F)(F)F)ccc(Cl)c2c1Cl. The normalized spacial score (nSPS) is 11.9. The van der Waals surface area contributed by atoms with E-state index in [9.17, 15) is 13.2 Å². The zero-order valence-corrected chi connectivity index (χ0v) is 10.5. The molecule has 1 heterocycles.